The van der Waals surface area contributed by atoms with Crippen molar-refractivity contribution in [2.24, 2.45) is 0 Å². The number of ether oxygens (including phenoxy) is 2. The Labute approximate surface area is 193 Å². The zero-order chi connectivity index (χ0) is 21.4. The molecule has 4 heteroatoms. The lowest BCUT2D eigenvalue weighted by Gasteiger charge is -2.31. The van der Waals surface area contributed by atoms with E-state index < -0.39 is 10.7 Å². The molecule has 2 nitrogen and oxygen atoms in total. The lowest BCUT2D eigenvalue weighted by molar-refractivity contribution is -0.161. The van der Waals surface area contributed by atoms with Crippen LogP contribution in [0.25, 0.3) is 0 Å². The highest BCUT2D eigenvalue weighted by Crippen LogP contribution is 2.63. The maximum atomic E-state index is 6.27. The molecule has 1 fully saturated rings. The van der Waals surface area contributed by atoms with Crippen molar-refractivity contribution in [2.45, 2.75) is 45.0 Å². The Morgan fingerprint density at radius 2 is 1.23 bits per heavy atom. The molecule has 4 rings (SSSR count). The quantitative estimate of drug-likeness (QED) is 0.298. The molecule has 2 atom stereocenters. The largest absolute Gasteiger partial charge is 0.347 e. The van der Waals surface area contributed by atoms with Gasteiger partial charge in [-0.3, -0.25) is 0 Å². The summed E-state index contributed by atoms with van der Waals surface area (Å²) < 4.78 is 12.1. The van der Waals surface area contributed by atoms with Gasteiger partial charge >= 0.3 is 0 Å². The summed E-state index contributed by atoms with van der Waals surface area (Å²) in [5.41, 5.74) is 0.965. The van der Waals surface area contributed by atoms with Crippen molar-refractivity contribution in [1.29, 1.82) is 0 Å². The van der Waals surface area contributed by atoms with Crippen molar-refractivity contribution in [3.63, 3.8) is 0 Å². The van der Waals surface area contributed by atoms with E-state index in [0.29, 0.717) is 6.61 Å². The van der Waals surface area contributed by atoms with Crippen LogP contribution in [-0.2, 0) is 9.47 Å². The summed E-state index contributed by atoms with van der Waals surface area (Å²) in [4.78, 5) is -1.73. The van der Waals surface area contributed by atoms with Gasteiger partial charge < -0.3 is 9.47 Å². The summed E-state index contributed by atoms with van der Waals surface area (Å²) in [6.45, 7) is 8.98. The first kappa shape index (κ1) is 22.0. The first-order valence-corrected chi connectivity index (χ1v) is 15.0. The summed E-state index contributed by atoms with van der Waals surface area (Å²) >= 11 is 2.71. The Balaban J connectivity index is 1.71. The molecule has 30 heavy (non-hydrogen) atoms. The Morgan fingerprint density at radius 3 is 1.67 bits per heavy atom. The number of rotatable bonds is 5. The van der Waals surface area contributed by atoms with Crippen LogP contribution in [0.1, 0.15) is 39.2 Å². The Bertz CT molecular complexity index is 949. The van der Waals surface area contributed by atoms with Crippen molar-refractivity contribution >= 4 is 42.9 Å². The molecule has 3 aromatic carbocycles. The van der Waals surface area contributed by atoms with Crippen LogP contribution in [0.15, 0.2) is 84.9 Å². The van der Waals surface area contributed by atoms with Crippen molar-refractivity contribution in [1.82, 2.24) is 0 Å². The van der Waals surface area contributed by atoms with Crippen LogP contribution >= 0.6 is 26.9 Å². The van der Waals surface area contributed by atoms with Crippen molar-refractivity contribution < 1.29 is 9.47 Å². The minimum absolute atomic E-state index is 0.240. The molecule has 156 valence electrons. The molecule has 0 aliphatic carbocycles. The van der Waals surface area contributed by atoms with Gasteiger partial charge in [-0.15, -0.1) is 0 Å². The lowest BCUT2D eigenvalue weighted by Crippen LogP contribution is -2.36. The van der Waals surface area contributed by atoms with Gasteiger partial charge in [-0.25, -0.2) is 0 Å². The highest BCUT2D eigenvalue weighted by Gasteiger charge is 2.47. The maximum Gasteiger partial charge on any atom is 0.173 e. The minimum Gasteiger partial charge on any atom is -0.347 e. The zero-order valence-electron chi connectivity index (χ0n) is 18.0. The molecule has 0 radical (unpaired) electrons. The molecule has 1 aliphatic rings. The molecule has 2 unspecified atom stereocenters. The van der Waals surface area contributed by atoms with Gasteiger partial charge in [0.05, 0.1) is 12.2 Å². The van der Waals surface area contributed by atoms with Gasteiger partial charge in [0, 0.05) is 5.92 Å². The number of hydrogen-bond acceptors (Lipinski definition) is 2. The molecule has 1 saturated heterocycles. The first-order chi connectivity index (χ1) is 14.2. The third-order valence-electron chi connectivity index (χ3n) is 6.07. The first-order valence-electron chi connectivity index (χ1n) is 10.4. The average molecular weight is 531 g/mol. The summed E-state index contributed by atoms with van der Waals surface area (Å²) in [6.07, 6.45) is 0. The second-order valence-electron chi connectivity index (χ2n) is 8.68. The number of halogens is 1. The van der Waals surface area contributed by atoms with Crippen molar-refractivity contribution in [3.05, 3.63) is 90.5 Å². The molecule has 3 aromatic rings. The highest BCUT2D eigenvalue weighted by molar-refractivity contribution is 14.2. The molecule has 0 spiro atoms. The Morgan fingerprint density at radius 1 is 0.767 bits per heavy atom. The monoisotopic (exact) mass is 531 g/mol. The van der Waals surface area contributed by atoms with Crippen LogP contribution in [-0.4, -0.2) is 18.0 Å². The fourth-order valence-corrected chi connectivity index (χ4v) is 9.70. The molecular weight excluding hydrogens is 502 g/mol. The van der Waals surface area contributed by atoms with E-state index in [4.69, 9.17) is 9.47 Å². The van der Waals surface area contributed by atoms with Crippen LogP contribution in [0.5, 0.6) is 0 Å². The van der Waals surface area contributed by atoms with Crippen LogP contribution in [0.3, 0.4) is 0 Å². The molecule has 0 bridgehead atoms. The van der Waals surface area contributed by atoms with E-state index in [1.54, 1.807) is 0 Å². The minimum atomic E-state index is -1.73. The maximum absolute atomic E-state index is 6.27. The highest BCUT2D eigenvalue weighted by atomic mass is 127. The third kappa shape index (κ3) is 4.10. The van der Waals surface area contributed by atoms with Gasteiger partial charge in [0.25, 0.3) is 0 Å². The van der Waals surface area contributed by atoms with Gasteiger partial charge in [0.2, 0.25) is 0 Å². The van der Waals surface area contributed by atoms with E-state index in [0.717, 1.165) is 0 Å². The molecular formula is C26H29IO2P+. The predicted molar refractivity (Wildman–Crippen MR) is 137 cm³/mol. The molecule has 0 aromatic heterocycles. The number of benzene rings is 3. The smallest absolute Gasteiger partial charge is 0.173 e. The van der Waals surface area contributed by atoms with E-state index in [-0.39, 0.29) is 11.5 Å². The van der Waals surface area contributed by atoms with Crippen molar-refractivity contribution in [3.8, 4) is 0 Å². The predicted octanol–water partition coefficient (Wildman–Crippen LogP) is 5.98. The summed E-state index contributed by atoms with van der Waals surface area (Å²) in [5.74, 6) is -0.282. The fourth-order valence-electron chi connectivity index (χ4n) is 4.19. The SMILES string of the molecule is CC(c1ccc([P+](I)(c2ccccc2)c2ccccc2)cc1)C1(C)COC(C)(C)O1. The van der Waals surface area contributed by atoms with Crippen molar-refractivity contribution in [2.75, 3.05) is 6.61 Å². The van der Waals surface area contributed by atoms with E-state index >= 15 is 0 Å². The topological polar surface area (TPSA) is 18.5 Å². The van der Waals surface area contributed by atoms with E-state index in [9.17, 15) is 0 Å². The molecule has 0 saturated carbocycles. The van der Waals surface area contributed by atoms with E-state index in [2.05, 4.69) is 121 Å². The third-order valence-corrected chi connectivity index (χ3v) is 14.1. The molecule has 0 amide bonds. The van der Waals surface area contributed by atoms with Crippen LogP contribution in [0.2, 0.25) is 0 Å². The van der Waals surface area contributed by atoms with Gasteiger partial charge in [-0.2, -0.15) is 0 Å². The van der Waals surface area contributed by atoms with E-state index in [1.165, 1.54) is 21.5 Å². The molecule has 1 aliphatic heterocycles. The second-order valence-corrected chi connectivity index (χ2v) is 15.7. The number of hydrogen-bond donors (Lipinski definition) is 0. The Hall–Kier alpha value is -1.26. The molecule has 1 heterocycles. The standard InChI is InChI=1S/C26H29IO2P/c1-20(26(4)19-28-25(2,3)29-26)21-15-17-24(18-16-21)30(27,22-11-7-5-8-12-22)23-13-9-6-10-14-23/h5-18,20H,19H2,1-4H3/q+1. The zero-order valence-corrected chi connectivity index (χ0v) is 21.1. The van der Waals surface area contributed by atoms with Gasteiger partial charge in [-0.1, -0.05) is 55.5 Å². The van der Waals surface area contributed by atoms with E-state index in [1.807, 2.05) is 13.8 Å². The van der Waals surface area contributed by atoms with Crippen LogP contribution < -0.4 is 15.9 Å². The van der Waals surface area contributed by atoms with Gasteiger partial charge in [0.1, 0.15) is 15.9 Å². The normalized spacial score (nSPS) is 22.0. The second kappa shape index (κ2) is 8.35. The summed E-state index contributed by atoms with van der Waals surface area (Å²) in [7, 11) is 0. The van der Waals surface area contributed by atoms with Crippen LogP contribution in [0.4, 0.5) is 0 Å². The summed E-state index contributed by atoms with van der Waals surface area (Å²) in [5, 5.41) is 4.16. The van der Waals surface area contributed by atoms with Crippen LogP contribution in [0, 0.1) is 0 Å². The van der Waals surface area contributed by atoms with Gasteiger partial charge in [0.15, 0.2) is 32.7 Å². The lowest BCUT2D eigenvalue weighted by atomic mass is 9.85. The average Bonchev–Trinajstić information content (AvgIpc) is 3.07. The summed E-state index contributed by atoms with van der Waals surface area (Å²) in [6, 6.07) is 31.0. The fraction of sp³-hybridized carbons (Fsp3) is 0.308. The molecule has 0 N–H and O–H groups in total. The Kier molecular flexibility index (Phi) is 6.11. The van der Waals surface area contributed by atoms with Gasteiger partial charge in [-0.05, 0) is 62.7 Å².